The van der Waals surface area contributed by atoms with Crippen molar-refractivity contribution in [2.45, 2.75) is 6.92 Å². The summed E-state index contributed by atoms with van der Waals surface area (Å²) in [5, 5.41) is 9.78. The molecule has 4 N–H and O–H groups in total. The molecular formula is C18H18F2N4O3. The van der Waals surface area contributed by atoms with Crippen LogP contribution in [0.15, 0.2) is 42.5 Å². The van der Waals surface area contributed by atoms with Crippen molar-refractivity contribution >= 4 is 29.2 Å². The minimum Gasteiger partial charge on any atom is -0.350 e. The van der Waals surface area contributed by atoms with Gasteiger partial charge in [0.15, 0.2) is 0 Å². The molecule has 0 saturated heterocycles. The quantitative estimate of drug-likeness (QED) is 0.583. The molecule has 7 nitrogen and oxygen atoms in total. The summed E-state index contributed by atoms with van der Waals surface area (Å²) >= 11 is 0. The van der Waals surface area contributed by atoms with Gasteiger partial charge in [0.1, 0.15) is 11.6 Å². The van der Waals surface area contributed by atoms with Crippen LogP contribution in [0.2, 0.25) is 0 Å². The van der Waals surface area contributed by atoms with E-state index in [1.807, 2.05) is 0 Å². The van der Waals surface area contributed by atoms with Gasteiger partial charge in [-0.3, -0.25) is 9.59 Å². The first kappa shape index (κ1) is 19.8. The number of carbonyl (C=O) groups excluding carboxylic acids is 3. The van der Waals surface area contributed by atoms with Crippen LogP contribution < -0.4 is 21.3 Å². The second-order valence-corrected chi connectivity index (χ2v) is 5.52. The SMILES string of the molecule is CC(=O)Nc1ccc(C(=O)NCCNC(=O)Nc2cc(F)ccc2F)cc1. The van der Waals surface area contributed by atoms with Crippen LogP contribution in [-0.2, 0) is 4.79 Å². The molecule has 0 saturated carbocycles. The summed E-state index contributed by atoms with van der Waals surface area (Å²) in [6, 6.07) is 8.26. The molecule has 2 aromatic rings. The third-order valence-corrected chi connectivity index (χ3v) is 3.34. The van der Waals surface area contributed by atoms with Gasteiger partial charge in [-0.05, 0) is 36.4 Å². The maximum absolute atomic E-state index is 13.4. The van der Waals surface area contributed by atoms with E-state index in [-0.39, 0.29) is 30.6 Å². The van der Waals surface area contributed by atoms with Crippen LogP contribution in [0.3, 0.4) is 0 Å². The zero-order valence-electron chi connectivity index (χ0n) is 14.4. The lowest BCUT2D eigenvalue weighted by Gasteiger charge is -2.10. The molecule has 4 amide bonds. The molecule has 2 aromatic carbocycles. The standard InChI is InChI=1S/C18H18F2N4O3/c1-11(25)23-14-5-2-12(3-6-14)17(26)21-8-9-22-18(27)24-16-10-13(19)4-7-15(16)20/h2-7,10H,8-9H2,1H3,(H,21,26)(H,23,25)(H2,22,24,27). The van der Waals surface area contributed by atoms with Crippen LogP contribution in [0.4, 0.5) is 25.0 Å². The van der Waals surface area contributed by atoms with E-state index in [1.165, 1.54) is 6.92 Å². The van der Waals surface area contributed by atoms with Gasteiger partial charge in [0, 0.05) is 37.3 Å². The maximum Gasteiger partial charge on any atom is 0.319 e. The smallest absolute Gasteiger partial charge is 0.319 e. The average molecular weight is 376 g/mol. The van der Waals surface area contributed by atoms with Gasteiger partial charge in [-0.25, -0.2) is 13.6 Å². The van der Waals surface area contributed by atoms with Crippen molar-refractivity contribution in [2.24, 2.45) is 0 Å². The monoisotopic (exact) mass is 376 g/mol. The first-order chi connectivity index (χ1) is 12.8. The van der Waals surface area contributed by atoms with E-state index in [1.54, 1.807) is 24.3 Å². The molecule has 0 bridgehead atoms. The average Bonchev–Trinajstić information content (AvgIpc) is 2.62. The first-order valence-electron chi connectivity index (χ1n) is 8.01. The second-order valence-electron chi connectivity index (χ2n) is 5.52. The number of halogens is 2. The summed E-state index contributed by atoms with van der Waals surface area (Å²) in [6.45, 7) is 1.59. The van der Waals surface area contributed by atoms with E-state index in [4.69, 9.17) is 0 Å². The Hall–Kier alpha value is -3.49. The minimum atomic E-state index is -0.762. The Morgan fingerprint density at radius 1 is 0.889 bits per heavy atom. The Kier molecular flexibility index (Phi) is 6.81. The Bertz CT molecular complexity index is 841. The predicted octanol–water partition coefficient (Wildman–Crippen LogP) is 2.47. The molecule has 0 heterocycles. The highest BCUT2D eigenvalue weighted by molar-refractivity contribution is 5.95. The molecule has 0 aliphatic rings. The summed E-state index contributed by atoms with van der Waals surface area (Å²) in [4.78, 5) is 34.6. The Morgan fingerprint density at radius 3 is 2.22 bits per heavy atom. The van der Waals surface area contributed by atoms with Crippen LogP contribution in [0.5, 0.6) is 0 Å². The van der Waals surface area contributed by atoms with Crippen molar-refractivity contribution in [1.29, 1.82) is 0 Å². The number of anilines is 2. The van der Waals surface area contributed by atoms with Gasteiger partial charge in [0.2, 0.25) is 5.91 Å². The highest BCUT2D eigenvalue weighted by Gasteiger charge is 2.08. The zero-order chi connectivity index (χ0) is 19.8. The summed E-state index contributed by atoms with van der Waals surface area (Å²) in [5.41, 5.74) is 0.674. The van der Waals surface area contributed by atoms with Gasteiger partial charge in [0.25, 0.3) is 5.91 Å². The van der Waals surface area contributed by atoms with Crippen LogP contribution in [0.1, 0.15) is 17.3 Å². The Balaban J connectivity index is 1.74. The van der Waals surface area contributed by atoms with E-state index >= 15 is 0 Å². The van der Waals surface area contributed by atoms with Gasteiger partial charge in [-0.1, -0.05) is 0 Å². The predicted molar refractivity (Wildman–Crippen MR) is 96.5 cm³/mol. The van der Waals surface area contributed by atoms with E-state index < -0.39 is 17.7 Å². The first-order valence-corrected chi connectivity index (χ1v) is 8.01. The van der Waals surface area contributed by atoms with Gasteiger partial charge >= 0.3 is 6.03 Å². The lowest BCUT2D eigenvalue weighted by atomic mass is 10.2. The highest BCUT2D eigenvalue weighted by atomic mass is 19.1. The number of nitrogens with one attached hydrogen (secondary N) is 4. The molecule has 0 radical (unpaired) electrons. The van der Waals surface area contributed by atoms with E-state index in [0.717, 1.165) is 18.2 Å². The van der Waals surface area contributed by atoms with Crippen molar-refractivity contribution in [1.82, 2.24) is 10.6 Å². The summed E-state index contributed by atoms with van der Waals surface area (Å²) in [6.07, 6.45) is 0. The van der Waals surface area contributed by atoms with E-state index in [2.05, 4.69) is 21.3 Å². The molecule has 0 unspecified atom stereocenters. The fourth-order valence-corrected chi connectivity index (χ4v) is 2.12. The third-order valence-electron chi connectivity index (χ3n) is 3.34. The summed E-state index contributed by atoms with van der Waals surface area (Å²) in [7, 11) is 0. The normalized spacial score (nSPS) is 10.0. The largest absolute Gasteiger partial charge is 0.350 e. The highest BCUT2D eigenvalue weighted by Crippen LogP contribution is 2.14. The van der Waals surface area contributed by atoms with Crippen LogP contribution in [-0.4, -0.2) is 30.9 Å². The fourth-order valence-electron chi connectivity index (χ4n) is 2.12. The number of hydrogen-bond donors (Lipinski definition) is 4. The minimum absolute atomic E-state index is 0.0818. The van der Waals surface area contributed by atoms with Gasteiger partial charge in [-0.15, -0.1) is 0 Å². The molecule has 142 valence electrons. The second kappa shape index (κ2) is 9.27. The molecule has 0 atom stereocenters. The summed E-state index contributed by atoms with van der Waals surface area (Å²) in [5.74, 6) is -2.01. The van der Waals surface area contributed by atoms with Crippen LogP contribution in [0.25, 0.3) is 0 Å². The Labute approximate surface area is 154 Å². The number of benzene rings is 2. The number of hydrogen-bond acceptors (Lipinski definition) is 3. The van der Waals surface area contributed by atoms with Crippen LogP contribution >= 0.6 is 0 Å². The van der Waals surface area contributed by atoms with Crippen molar-refractivity contribution in [3.8, 4) is 0 Å². The topological polar surface area (TPSA) is 99.3 Å². The fraction of sp³-hybridized carbons (Fsp3) is 0.167. The number of rotatable bonds is 6. The lowest BCUT2D eigenvalue weighted by molar-refractivity contribution is -0.114. The number of carbonyl (C=O) groups is 3. The van der Waals surface area contributed by atoms with Gasteiger partial charge in [0.05, 0.1) is 5.69 Å². The van der Waals surface area contributed by atoms with E-state index in [0.29, 0.717) is 11.3 Å². The van der Waals surface area contributed by atoms with Gasteiger partial charge in [-0.2, -0.15) is 0 Å². The molecule has 0 fully saturated rings. The Morgan fingerprint density at radius 2 is 1.56 bits per heavy atom. The van der Waals surface area contributed by atoms with Crippen molar-refractivity contribution in [3.63, 3.8) is 0 Å². The summed E-state index contributed by atoms with van der Waals surface area (Å²) < 4.78 is 26.5. The lowest BCUT2D eigenvalue weighted by Crippen LogP contribution is -2.37. The molecule has 27 heavy (non-hydrogen) atoms. The van der Waals surface area contributed by atoms with Gasteiger partial charge < -0.3 is 21.3 Å². The number of amides is 4. The molecule has 0 spiro atoms. The molecule has 2 rings (SSSR count). The molecular weight excluding hydrogens is 358 g/mol. The third kappa shape index (κ3) is 6.38. The maximum atomic E-state index is 13.4. The molecule has 0 aromatic heterocycles. The molecule has 9 heteroatoms. The van der Waals surface area contributed by atoms with E-state index in [9.17, 15) is 23.2 Å². The number of urea groups is 1. The van der Waals surface area contributed by atoms with Crippen molar-refractivity contribution in [2.75, 3.05) is 23.7 Å². The molecule has 0 aliphatic heterocycles. The molecule has 0 aliphatic carbocycles. The van der Waals surface area contributed by atoms with Crippen molar-refractivity contribution < 1.29 is 23.2 Å². The van der Waals surface area contributed by atoms with Crippen molar-refractivity contribution in [3.05, 3.63) is 59.7 Å². The zero-order valence-corrected chi connectivity index (χ0v) is 14.4. The van der Waals surface area contributed by atoms with Crippen LogP contribution in [0, 0.1) is 11.6 Å².